The minimum absolute atomic E-state index is 0.182. The number of hydrogen-bond acceptors (Lipinski definition) is 5. The van der Waals surface area contributed by atoms with E-state index in [1.54, 1.807) is 12.3 Å². The molecule has 6 heteroatoms. The highest BCUT2D eigenvalue weighted by Gasteiger charge is 2.26. The smallest absolute Gasteiger partial charge is 0.303 e. The molecule has 1 N–H and O–H groups in total. The van der Waals surface area contributed by atoms with E-state index < -0.39 is 5.97 Å². The van der Waals surface area contributed by atoms with Gasteiger partial charge in [-0.3, -0.25) is 4.79 Å². The minimum atomic E-state index is -0.743. The molecule has 0 amide bonds. The van der Waals surface area contributed by atoms with Crippen molar-refractivity contribution in [3.63, 3.8) is 0 Å². The van der Waals surface area contributed by atoms with Crippen LogP contribution in [0.3, 0.4) is 0 Å². The van der Waals surface area contributed by atoms with Crippen molar-refractivity contribution in [1.29, 1.82) is 0 Å². The fraction of sp³-hybridized carbons (Fsp3) is 0.615. The van der Waals surface area contributed by atoms with Gasteiger partial charge in [-0.2, -0.15) is 4.98 Å². The summed E-state index contributed by atoms with van der Waals surface area (Å²) in [7, 11) is 0. The number of ether oxygens (including phenoxy) is 1. The normalized spacial score (nSPS) is 18.6. The molecular weight excluding hydrogens is 246 g/mol. The monoisotopic (exact) mass is 265 g/mol. The van der Waals surface area contributed by atoms with Gasteiger partial charge in [-0.25, -0.2) is 4.98 Å². The van der Waals surface area contributed by atoms with Crippen LogP contribution in [0.1, 0.15) is 26.2 Å². The summed E-state index contributed by atoms with van der Waals surface area (Å²) in [4.78, 5) is 21.3. The first-order chi connectivity index (χ1) is 9.19. The molecule has 2 heterocycles. The number of rotatable bonds is 6. The third kappa shape index (κ3) is 3.81. The predicted molar refractivity (Wildman–Crippen MR) is 70.4 cm³/mol. The molecule has 2 rings (SSSR count). The van der Waals surface area contributed by atoms with Gasteiger partial charge in [-0.15, -0.1) is 0 Å². The van der Waals surface area contributed by atoms with Crippen LogP contribution in [0.15, 0.2) is 12.3 Å². The van der Waals surface area contributed by atoms with Gasteiger partial charge >= 0.3 is 5.97 Å². The largest absolute Gasteiger partial charge is 0.481 e. The summed E-state index contributed by atoms with van der Waals surface area (Å²) in [5.41, 5.74) is 0. The van der Waals surface area contributed by atoms with Gasteiger partial charge in [0.2, 0.25) is 11.8 Å². The van der Waals surface area contributed by atoms with E-state index in [4.69, 9.17) is 9.84 Å². The maximum absolute atomic E-state index is 10.7. The van der Waals surface area contributed by atoms with Crippen molar-refractivity contribution in [3.8, 4) is 5.88 Å². The molecule has 0 bridgehead atoms. The van der Waals surface area contributed by atoms with Crippen LogP contribution in [-0.2, 0) is 4.79 Å². The van der Waals surface area contributed by atoms with E-state index in [0.29, 0.717) is 25.0 Å². The van der Waals surface area contributed by atoms with Gasteiger partial charge in [0.05, 0.1) is 6.61 Å². The van der Waals surface area contributed by atoms with Crippen molar-refractivity contribution >= 4 is 11.9 Å². The van der Waals surface area contributed by atoms with Crippen LogP contribution in [0.2, 0.25) is 0 Å². The number of carbonyl (C=O) groups is 1. The highest BCUT2D eigenvalue weighted by Crippen LogP contribution is 2.24. The Kier molecular flexibility index (Phi) is 4.54. The standard InChI is InChI=1S/C13H19N3O3/c1-2-7-19-11-3-5-14-13(15-11)16-6-4-10(9-16)8-12(17)18/h3,5,10H,2,4,6-9H2,1H3,(H,17,18). The average Bonchev–Trinajstić information content (AvgIpc) is 2.84. The summed E-state index contributed by atoms with van der Waals surface area (Å²) in [5, 5.41) is 8.80. The fourth-order valence-corrected chi connectivity index (χ4v) is 2.20. The summed E-state index contributed by atoms with van der Waals surface area (Å²) in [6, 6.07) is 1.74. The number of aliphatic carboxylic acids is 1. The van der Waals surface area contributed by atoms with E-state index in [2.05, 4.69) is 9.97 Å². The number of nitrogens with zero attached hydrogens (tertiary/aromatic N) is 3. The van der Waals surface area contributed by atoms with Gasteiger partial charge in [-0.05, 0) is 18.8 Å². The van der Waals surface area contributed by atoms with Crippen molar-refractivity contribution in [1.82, 2.24) is 9.97 Å². The van der Waals surface area contributed by atoms with Crippen molar-refractivity contribution in [3.05, 3.63) is 12.3 Å². The molecule has 104 valence electrons. The Morgan fingerprint density at radius 3 is 3.21 bits per heavy atom. The molecule has 0 aliphatic carbocycles. The lowest BCUT2D eigenvalue weighted by atomic mass is 10.1. The third-order valence-corrected chi connectivity index (χ3v) is 3.10. The van der Waals surface area contributed by atoms with E-state index >= 15 is 0 Å². The van der Waals surface area contributed by atoms with E-state index in [9.17, 15) is 4.79 Å². The lowest BCUT2D eigenvalue weighted by molar-refractivity contribution is -0.137. The van der Waals surface area contributed by atoms with E-state index in [1.165, 1.54) is 0 Å². The molecule has 1 aromatic rings. The highest BCUT2D eigenvalue weighted by atomic mass is 16.5. The van der Waals surface area contributed by atoms with Gasteiger partial charge in [0, 0.05) is 31.8 Å². The zero-order chi connectivity index (χ0) is 13.7. The average molecular weight is 265 g/mol. The predicted octanol–water partition coefficient (Wildman–Crippen LogP) is 1.57. The molecule has 0 spiro atoms. The molecule has 0 radical (unpaired) electrons. The molecule has 19 heavy (non-hydrogen) atoms. The number of carboxylic acids is 1. The van der Waals surface area contributed by atoms with Crippen LogP contribution >= 0.6 is 0 Å². The summed E-state index contributed by atoms with van der Waals surface area (Å²) in [6.07, 6.45) is 3.69. The molecule has 1 atom stereocenters. The maximum Gasteiger partial charge on any atom is 0.303 e. The topological polar surface area (TPSA) is 75.5 Å². The lowest BCUT2D eigenvalue weighted by Crippen LogP contribution is -2.22. The third-order valence-electron chi connectivity index (χ3n) is 3.10. The molecule has 1 aliphatic rings. The summed E-state index contributed by atoms with van der Waals surface area (Å²) >= 11 is 0. The lowest BCUT2D eigenvalue weighted by Gasteiger charge is -2.16. The summed E-state index contributed by atoms with van der Waals surface area (Å²) < 4.78 is 5.47. The van der Waals surface area contributed by atoms with Crippen LogP contribution in [0, 0.1) is 5.92 Å². The van der Waals surface area contributed by atoms with Crippen LogP contribution in [0.25, 0.3) is 0 Å². The second kappa shape index (κ2) is 6.36. The van der Waals surface area contributed by atoms with Crippen LogP contribution in [0.5, 0.6) is 5.88 Å². The Bertz CT molecular complexity index is 439. The van der Waals surface area contributed by atoms with Crippen molar-refractivity contribution in [2.75, 3.05) is 24.6 Å². The summed E-state index contributed by atoms with van der Waals surface area (Å²) in [6.45, 7) is 4.18. The summed E-state index contributed by atoms with van der Waals surface area (Å²) in [5.74, 6) is 0.643. The Morgan fingerprint density at radius 1 is 1.63 bits per heavy atom. The van der Waals surface area contributed by atoms with Gasteiger partial charge in [0.25, 0.3) is 0 Å². The van der Waals surface area contributed by atoms with Crippen LogP contribution in [0.4, 0.5) is 5.95 Å². The quantitative estimate of drug-likeness (QED) is 0.841. The van der Waals surface area contributed by atoms with Crippen molar-refractivity contribution in [2.45, 2.75) is 26.2 Å². The molecule has 0 aromatic carbocycles. The van der Waals surface area contributed by atoms with Gasteiger partial charge in [-0.1, -0.05) is 6.92 Å². The second-order valence-electron chi connectivity index (χ2n) is 4.74. The first-order valence-electron chi connectivity index (χ1n) is 6.61. The van der Waals surface area contributed by atoms with Gasteiger partial charge in [0.15, 0.2) is 0 Å². The molecule has 6 nitrogen and oxygen atoms in total. The molecular formula is C13H19N3O3. The first-order valence-corrected chi connectivity index (χ1v) is 6.61. The molecule has 1 aliphatic heterocycles. The number of hydrogen-bond donors (Lipinski definition) is 1. The van der Waals surface area contributed by atoms with E-state index in [0.717, 1.165) is 19.4 Å². The molecule has 1 aromatic heterocycles. The van der Waals surface area contributed by atoms with E-state index in [-0.39, 0.29) is 12.3 Å². The first kappa shape index (κ1) is 13.6. The number of aromatic nitrogens is 2. The number of anilines is 1. The van der Waals surface area contributed by atoms with Crippen molar-refractivity contribution in [2.24, 2.45) is 5.92 Å². The zero-order valence-corrected chi connectivity index (χ0v) is 11.1. The van der Waals surface area contributed by atoms with Gasteiger partial charge < -0.3 is 14.7 Å². The minimum Gasteiger partial charge on any atom is -0.481 e. The van der Waals surface area contributed by atoms with E-state index in [1.807, 2.05) is 11.8 Å². The van der Waals surface area contributed by atoms with Crippen LogP contribution < -0.4 is 9.64 Å². The van der Waals surface area contributed by atoms with Crippen molar-refractivity contribution < 1.29 is 14.6 Å². The Hall–Kier alpha value is -1.85. The molecule has 1 fully saturated rings. The highest BCUT2D eigenvalue weighted by molar-refractivity contribution is 5.67. The SMILES string of the molecule is CCCOc1ccnc(N2CCC(CC(=O)O)C2)n1. The molecule has 1 saturated heterocycles. The maximum atomic E-state index is 10.7. The Morgan fingerprint density at radius 2 is 2.47 bits per heavy atom. The molecule has 1 unspecified atom stereocenters. The second-order valence-corrected chi connectivity index (χ2v) is 4.74. The zero-order valence-electron chi connectivity index (χ0n) is 11.1. The Labute approximate surface area is 112 Å². The Balaban J connectivity index is 1.96. The number of carboxylic acid groups (broad SMARTS) is 1. The van der Waals surface area contributed by atoms with Crippen LogP contribution in [-0.4, -0.2) is 40.7 Å². The fourth-order valence-electron chi connectivity index (χ4n) is 2.20. The van der Waals surface area contributed by atoms with Gasteiger partial charge in [0.1, 0.15) is 0 Å². The molecule has 0 saturated carbocycles.